The van der Waals surface area contributed by atoms with Gasteiger partial charge in [-0.05, 0) is 42.3 Å². The number of hydrogen-bond acceptors (Lipinski definition) is 6. The van der Waals surface area contributed by atoms with E-state index in [1.54, 1.807) is 23.2 Å². The lowest BCUT2D eigenvalue weighted by atomic mass is 9.98. The van der Waals surface area contributed by atoms with Gasteiger partial charge in [0.2, 0.25) is 0 Å². The highest BCUT2D eigenvalue weighted by molar-refractivity contribution is 7.09. The fourth-order valence-electron chi connectivity index (χ4n) is 3.69. The molecule has 1 aromatic heterocycles. The van der Waals surface area contributed by atoms with E-state index >= 15 is 0 Å². The zero-order valence-corrected chi connectivity index (χ0v) is 20.0. The van der Waals surface area contributed by atoms with Crippen LogP contribution in [-0.4, -0.2) is 34.6 Å². The van der Waals surface area contributed by atoms with Crippen molar-refractivity contribution in [2.45, 2.75) is 13.0 Å². The molecule has 172 valence electrons. The molecular formula is C23H17Cl2N5O3S. The Morgan fingerprint density at radius 1 is 1.18 bits per heavy atom. The van der Waals surface area contributed by atoms with Crippen LogP contribution in [0.15, 0.2) is 59.3 Å². The predicted octanol–water partition coefficient (Wildman–Crippen LogP) is 5.47. The van der Waals surface area contributed by atoms with Crippen molar-refractivity contribution in [2.75, 3.05) is 11.6 Å². The molecule has 0 atom stereocenters. The maximum Gasteiger partial charge on any atom is 0.347 e. The molecule has 2 aromatic carbocycles. The Morgan fingerprint density at radius 2 is 1.97 bits per heavy atom. The van der Waals surface area contributed by atoms with Crippen molar-refractivity contribution in [3.8, 4) is 11.5 Å². The van der Waals surface area contributed by atoms with Gasteiger partial charge in [-0.3, -0.25) is 4.79 Å². The lowest BCUT2D eigenvalue weighted by Gasteiger charge is -2.28. The summed E-state index contributed by atoms with van der Waals surface area (Å²) < 4.78 is 5.97. The molecule has 3 heterocycles. The van der Waals surface area contributed by atoms with Crippen molar-refractivity contribution in [1.82, 2.24) is 15.2 Å². The van der Waals surface area contributed by atoms with Crippen molar-refractivity contribution in [3.05, 3.63) is 80.4 Å². The molecule has 0 aliphatic carbocycles. The van der Waals surface area contributed by atoms with Gasteiger partial charge in [0.25, 0.3) is 5.91 Å². The number of thiazole rings is 1. The van der Waals surface area contributed by atoms with Crippen LogP contribution in [0, 0.1) is 0 Å². The number of nitrogens with one attached hydrogen (secondary N) is 1. The van der Waals surface area contributed by atoms with Crippen LogP contribution >= 0.6 is 34.5 Å². The summed E-state index contributed by atoms with van der Waals surface area (Å²) in [6.45, 7) is 4.73. The highest BCUT2D eigenvalue weighted by Gasteiger charge is 2.26. The maximum atomic E-state index is 12.9. The van der Waals surface area contributed by atoms with Gasteiger partial charge < -0.3 is 15.0 Å². The molecule has 0 fully saturated rings. The molecule has 3 amide bonds. The molecule has 8 nitrogen and oxygen atoms in total. The second kappa shape index (κ2) is 9.09. The monoisotopic (exact) mass is 513 g/mol. The number of anilines is 1. The molecule has 0 bridgehead atoms. The Balaban J connectivity index is 1.35. The Labute approximate surface area is 209 Å². The zero-order valence-electron chi connectivity index (χ0n) is 17.6. The molecule has 34 heavy (non-hydrogen) atoms. The molecule has 2 aliphatic rings. The van der Waals surface area contributed by atoms with Gasteiger partial charge in [0.1, 0.15) is 10.8 Å². The minimum absolute atomic E-state index is 0.0357. The molecule has 1 N–H and O–H groups in total. The van der Waals surface area contributed by atoms with E-state index in [0.717, 1.165) is 15.6 Å². The second-order valence-corrected chi connectivity index (χ2v) is 9.37. The Kier molecular flexibility index (Phi) is 5.99. The summed E-state index contributed by atoms with van der Waals surface area (Å²) in [7, 11) is 0. The summed E-state index contributed by atoms with van der Waals surface area (Å²) in [5.74, 6) is 0.707. The third-order valence-corrected chi connectivity index (χ3v) is 6.62. The van der Waals surface area contributed by atoms with Gasteiger partial charge in [0.15, 0.2) is 5.75 Å². The molecule has 0 saturated heterocycles. The Hall–Kier alpha value is -3.40. The van der Waals surface area contributed by atoms with Crippen LogP contribution in [0.2, 0.25) is 10.0 Å². The van der Waals surface area contributed by atoms with E-state index in [2.05, 4.69) is 22.0 Å². The number of aromatic nitrogens is 1. The van der Waals surface area contributed by atoms with Crippen LogP contribution in [0.4, 0.5) is 10.5 Å². The van der Waals surface area contributed by atoms with Gasteiger partial charge in [-0.2, -0.15) is 10.1 Å². The van der Waals surface area contributed by atoms with Gasteiger partial charge in [0.05, 0.1) is 34.2 Å². The van der Waals surface area contributed by atoms with E-state index in [1.807, 2.05) is 11.4 Å². The fraction of sp³-hybridized carbons (Fsp3) is 0.130. The fourth-order valence-corrected chi connectivity index (χ4v) is 4.88. The number of urea groups is 1. The molecule has 0 unspecified atom stereocenters. The third kappa shape index (κ3) is 4.37. The van der Waals surface area contributed by atoms with Crippen molar-refractivity contribution in [1.29, 1.82) is 0 Å². The minimum Gasteiger partial charge on any atom is -0.454 e. The summed E-state index contributed by atoms with van der Waals surface area (Å²) in [5, 5.41) is 10.9. The van der Waals surface area contributed by atoms with Crippen LogP contribution in [0.5, 0.6) is 11.5 Å². The van der Waals surface area contributed by atoms with Gasteiger partial charge in [-0.15, -0.1) is 11.3 Å². The summed E-state index contributed by atoms with van der Waals surface area (Å²) in [5.41, 5.74) is 2.29. The predicted molar refractivity (Wildman–Crippen MR) is 132 cm³/mol. The van der Waals surface area contributed by atoms with Crippen LogP contribution in [0.3, 0.4) is 0 Å². The van der Waals surface area contributed by atoms with Gasteiger partial charge in [-0.25, -0.2) is 9.78 Å². The molecule has 0 saturated carbocycles. The molecule has 2 aliphatic heterocycles. The number of halogens is 2. The Bertz CT molecular complexity index is 1320. The van der Waals surface area contributed by atoms with Crippen LogP contribution < -0.4 is 15.1 Å². The molecule has 5 rings (SSSR count). The summed E-state index contributed by atoms with van der Waals surface area (Å²) in [6, 6.07) is 7.87. The van der Waals surface area contributed by atoms with Crippen molar-refractivity contribution in [3.63, 3.8) is 0 Å². The average molecular weight is 514 g/mol. The summed E-state index contributed by atoms with van der Waals surface area (Å²) >= 11 is 14.4. The van der Waals surface area contributed by atoms with Gasteiger partial charge in [0, 0.05) is 23.7 Å². The molecule has 0 spiro atoms. The van der Waals surface area contributed by atoms with Gasteiger partial charge in [-0.1, -0.05) is 29.8 Å². The first-order chi connectivity index (χ1) is 16.4. The van der Waals surface area contributed by atoms with Crippen LogP contribution in [0.1, 0.15) is 20.9 Å². The second-order valence-electron chi connectivity index (χ2n) is 7.57. The third-order valence-electron chi connectivity index (χ3n) is 5.29. The van der Waals surface area contributed by atoms with Crippen molar-refractivity contribution >= 4 is 58.4 Å². The zero-order chi connectivity index (χ0) is 23.8. The van der Waals surface area contributed by atoms with Crippen LogP contribution in [-0.2, 0) is 13.0 Å². The number of hydrazone groups is 1. The minimum atomic E-state index is -0.475. The highest BCUT2D eigenvalue weighted by atomic mass is 35.5. The largest absolute Gasteiger partial charge is 0.454 e. The van der Waals surface area contributed by atoms with Crippen LogP contribution in [0.25, 0.3) is 0 Å². The summed E-state index contributed by atoms with van der Waals surface area (Å²) in [6.07, 6.45) is 3.85. The average Bonchev–Trinajstić information content (AvgIpc) is 3.31. The number of carbonyl (C=O) groups is 2. The number of nitrogens with zero attached hydrogens (tertiary/aromatic N) is 4. The molecule has 0 radical (unpaired) electrons. The summed E-state index contributed by atoms with van der Waals surface area (Å²) in [4.78, 5) is 31.1. The first-order valence-electron chi connectivity index (χ1n) is 10.2. The lowest BCUT2D eigenvalue weighted by molar-refractivity contribution is 0.0727. The molecular weight excluding hydrogens is 497 g/mol. The first kappa shape index (κ1) is 22.4. The SMILES string of the molecule is C=C1C=NN(c2cc(Cl)c(Oc3ccc4c(c3)CCN(Cc3nccs3)C4=O)c(Cl)c2)C(=O)N1. The number of hydrogen-bond donors (Lipinski definition) is 1. The molecule has 11 heteroatoms. The smallest absolute Gasteiger partial charge is 0.347 e. The number of carbonyl (C=O) groups excluding carboxylic acids is 2. The number of fused-ring (bicyclic) bond motifs is 1. The first-order valence-corrected chi connectivity index (χ1v) is 11.8. The van der Waals surface area contributed by atoms with Gasteiger partial charge >= 0.3 is 6.03 Å². The van der Waals surface area contributed by atoms with Crippen molar-refractivity contribution < 1.29 is 14.3 Å². The highest BCUT2D eigenvalue weighted by Crippen LogP contribution is 2.40. The topological polar surface area (TPSA) is 87.1 Å². The number of ether oxygens (including phenoxy) is 1. The van der Waals surface area contributed by atoms with E-state index in [4.69, 9.17) is 27.9 Å². The van der Waals surface area contributed by atoms with E-state index in [1.165, 1.54) is 29.7 Å². The molecule has 3 aromatic rings. The van der Waals surface area contributed by atoms with Crippen molar-refractivity contribution in [2.24, 2.45) is 5.10 Å². The normalized spacial score (nSPS) is 15.4. The maximum absolute atomic E-state index is 12.9. The van der Waals surface area contributed by atoms with E-state index in [9.17, 15) is 9.59 Å². The number of benzene rings is 2. The number of amides is 3. The standard InChI is InChI=1S/C23H17Cl2N5O3S/c1-13-11-27-30(23(32)28-13)15-9-18(24)21(19(25)10-15)33-16-2-3-17-14(8-16)4-6-29(22(17)31)12-20-26-5-7-34-20/h2-3,5,7-11H,1,4,6,12H2,(H,28,32). The lowest BCUT2D eigenvalue weighted by Crippen LogP contribution is -2.40. The quantitative estimate of drug-likeness (QED) is 0.489. The van der Waals surface area contributed by atoms with E-state index in [-0.39, 0.29) is 21.7 Å². The number of rotatable bonds is 5. The number of allylic oxidation sites excluding steroid dienone is 1. The Morgan fingerprint density at radius 3 is 2.68 bits per heavy atom. The van der Waals surface area contributed by atoms with E-state index in [0.29, 0.717) is 42.2 Å². The van der Waals surface area contributed by atoms with E-state index < -0.39 is 6.03 Å².